The minimum absolute atomic E-state index is 0. The number of rotatable bonds is 4. The van der Waals surface area contributed by atoms with E-state index in [1.54, 1.807) is 0 Å². The number of aryl methyl sites for hydroxylation is 1. The van der Waals surface area contributed by atoms with Gasteiger partial charge in [-0.1, -0.05) is 62.2 Å². The van der Waals surface area contributed by atoms with Gasteiger partial charge in [0, 0.05) is 6.04 Å². The molecule has 0 saturated heterocycles. The number of nitrogens with two attached hydrogens (primary N) is 1. The summed E-state index contributed by atoms with van der Waals surface area (Å²) in [5.41, 5.74) is 8.53. The quantitative estimate of drug-likeness (QED) is 0.850. The maximum atomic E-state index is 6.02. The molecule has 0 aliphatic rings. The third-order valence-electron chi connectivity index (χ3n) is 2.89. The van der Waals surface area contributed by atoms with Crippen LogP contribution < -0.4 is 5.73 Å². The van der Waals surface area contributed by atoms with Gasteiger partial charge in [-0.15, -0.1) is 12.4 Å². The molecule has 16 heavy (non-hydrogen) atoms. The second-order valence-corrected chi connectivity index (χ2v) is 4.23. The lowest BCUT2D eigenvalue weighted by molar-refractivity contribution is 0.504. The first-order valence-corrected chi connectivity index (χ1v) is 5.64. The lowest BCUT2D eigenvalue weighted by atomic mass is 9.99. The minimum atomic E-state index is 0. The monoisotopic (exact) mass is 239 g/mol. The second-order valence-electron chi connectivity index (χ2n) is 4.23. The van der Waals surface area contributed by atoms with Crippen molar-refractivity contribution in [2.24, 2.45) is 11.7 Å². The molecule has 0 saturated carbocycles. The van der Waals surface area contributed by atoms with Gasteiger partial charge in [-0.25, -0.2) is 0 Å². The van der Waals surface area contributed by atoms with Crippen LogP contribution in [0.5, 0.6) is 0 Å². The molecule has 0 heterocycles. The Morgan fingerprint density at radius 3 is 2.31 bits per heavy atom. The first-order chi connectivity index (χ1) is 7.13. The van der Waals surface area contributed by atoms with E-state index in [-0.39, 0.29) is 18.4 Å². The van der Waals surface area contributed by atoms with Gasteiger partial charge in [-0.05, 0) is 18.4 Å². The largest absolute Gasteiger partial charge is 0.324 e. The topological polar surface area (TPSA) is 26.0 Å². The van der Waals surface area contributed by atoms with Gasteiger partial charge in [0.15, 0.2) is 0 Å². The summed E-state index contributed by atoms with van der Waals surface area (Å²) in [7, 11) is 0. The Morgan fingerprint density at radius 2 is 1.81 bits per heavy atom. The summed E-state index contributed by atoms with van der Waals surface area (Å²) in [5.74, 6) is 0.548. The van der Waals surface area contributed by atoms with Gasteiger partial charge in [0.05, 0.1) is 0 Å². The van der Waals surface area contributed by atoms with Gasteiger partial charge in [-0.2, -0.15) is 0 Å². The zero-order chi connectivity index (χ0) is 11.3. The number of hydrogen-bond donors (Lipinski definition) is 1. The van der Waals surface area contributed by atoms with Crippen LogP contribution in [0.2, 0.25) is 0 Å². The lowest BCUT2D eigenvalue weighted by Gasteiger charge is -2.13. The Kier molecular flexibility index (Phi) is 7.11. The van der Waals surface area contributed by atoms with Crippen LogP contribution in [0.25, 0.3) is 6.08 Å². The van der Waals surface area contributed by atoms with Crippen molar-refractivity contribution < 1.29 is 0 Å². The Balaban J connectivity index is 0.00000225. The molecule has 1 rings (SSSR count). The molecule has 2 N–H and O–H groups in total. The van der Waals surface area contributed by atoms with E-state index in [4.69, 9.17) is 5.73 Å². The van der Waals surface area contributed by atoms with Gasteiger partial charge in [0.25, 0.3) is 0 Å². The van der Waals surface area contributed by atoms with E-state index in [0.717, 1.165) is 6.42 Å². The summed E-state index contributed by atoms with van der Waals surface area (Å²) in [4.78, 5) is 0. The van der Waals surface area contributed by atoms with E-state index < -0.39 is 0 Å². The zero-order valence-corrected chi connectivity index (χ0v) is 11.1. The molecule has 0 unspecified atom stereocenters. The lowest BCUT2D eigenvalue weighted by Crippen LogP contribution is -2.24. The first kappa shape index (κ1) is 15.2. The molecule has 1 aromatic rings. The molecular weight excluding hydrogens is 218 g/mol. The normalized spacial score (nSPS) is 14.5. The van der Waals surface area contributed by atoms with Gasteiger partial charge >= 0.3 is 0 Å². The van der Waals surface area contributed by atoms with E-state index in [9.17, 15) is 0 Å². The fourth-order valence-electron chi connectivity index (χ4n) is 1.36. The number of hydrogen-bond acceptors (Lipinski definition) is 1. The predicted molar refractivity (Wildman–Crippen MR) is 74.9 cm³/mol. The van der Waals surface area contributed by atoms with Crippen LogP contribution in [0, 0.1) is 12.8 Å². The highest BCUT2D eigenvalue weighted by Crippen LogP contribution is 2.10. The van der Waals surface area contributed by atoms with Crippen LogP contribution >= 0.6 is 12.4 Å². The minimum Gasteiger partial charge on any atom is -0.324 e. The van der Waals surface area contributed by atoms with Crippen molar-refractivity contribution in [3.05, 3.63) is 41.5 Å². The summed E-state index contributed by atoms with van der Waals surface area (Å²) in [5, 5.41) is 0. The van der Waals surface area contributed by atoms with Crippen molar-refractivity contribution in [2.45, 2.75) is 33.2 Å². The highest BCUT2D eigenvalue weighted by Gasteiger charge is 2.05. The molecule has 2 atom stereocenters. The van der Waals surface area contributed by atoms with Crippen molar-refractivity contribution in [3.8, 4) is 0 Å². The van der Waals surface area contributed by atoms with Gasteiger partial charge in [0.1, 0.15) is 0 Å². The molecule has 0 aliphatic heterocycles. The first-order valence-electron chi connectivity index (χ1n) is 5.64. The molecule has 0 amide bonds. The summed E-state index contributed by atoms with van der Waals surface area (Å²) in [6.45, 7) is 6.45. The molecular formula is C14H22ClN. The van der Waals surface area contributed by atoms with Gasteiger partial charge in [0.2, 0.25) is 0 Å². The summed E-state index contributed by atoms with van der Waals surface area (Å²) >= 11 is 0. The van der Waals surface area contributed by atoms with E-state index in [2.05, 4.69) is 57.2 Å². The Morgan fingerprint density at radius 1 is 1.25 bits per heavy atom. The zero-order valence-electron chi connectivity index (χ0n) is 10.3. The molecule has 0 bridgehead atoms. The molecule has 0 fully saturated rings. The highest BCUT2D eigenvalue weighted by molar-refractivity contribution is 5.85. The maximum absolute atomic E-state index is 6.02. The van der Waals surface area contributed by atoms with Gasteiger partial charge < -0.3 is 5.73 Å². The predicted octanol–water partition coefficient (Wildman–Crippen LogP) is 3.80. The molecule has 1 nitrogen and oxygen atoms in total. The van der Waals surface area contributed by atoms with Crippen LogP contribution in [0.4, 0.5) is 0 Å². The van der Waals surface area contributed by atoms with E-state index in [1.165, 1.54) is 11.1 Å². The Labute approximate surface area is 105 Å². The maximum Gasteiger partial charge on any atom is 0.0252 e. The average Bonchev–Trinajstić information content (AvgIpc) is 2.26. The van der Waals surface area contributed by atoms with Crippen LogP contribution in [0.3, 0.4) is 0 Å². The average molecular weight is 240 g/mol. The van der Waals surface area contributed by atoms with E-state index in [0.29, 0.717) is 5.92 Å². The fraction of sp³-hybridized carbons (Fsp3) is 0.429. The third kappa shape index (κ3) is 4.82. The molecule has 1 aromatic carbocycles. The number of halogens is 1. The Hall–Kier alpha value is -0.790. The summed E-state index contributed by atoms with van der Waals surface area (Å²) in [6, 6.07) is 8.64. The van der Waals surface area contributed by atoms with Crippen molar-refractivity contribution in [1.82, 2.24) is 0 Å². The molecule has 0 radical (unpaired) electrons. The van der Waals surface area contributed by atoms with Crippen molar-refractivity contribution in [2.75, 3.05) is 0 Å². The van der Waals surface area contributed by atoms with Crippen LogP contribution in [-0.4, -0.2) is 6.04 Å². The molecule has 2 heteroatoms. The molecule has 0 aliphatic carbocycles. The fourth-order valence-corrected chi connectivity index (χ4v) is 1.36. The second kappa shape index (κ2) is 7.48. The SMILES string of the molecule is CC[C@H](C)[C@H](N)C=Cc1ccc(C)cc1.Cl. The van der Waals surface area contributed by atoms with E-state index in [1.807, 2.05) is 0 Å². The third-order valence-corrected chi connectivity index (χ3v) is 2.89. The molecule has 0 spiro atoms. The Bertz CT molecular complexity index is 316. The van der Waals surface area contributed by atoms with Crippen LogP contribution in [-0.2, 0) is 0 Å². The molecule has 90 valence electrons. The van der Waals surface area contributed by atoms with Gasteiger partial charge in [-0.3, -0.25) is 0 Å². The van der Waals surface area contributed by atoms with Crippen LogP contribution in [0.15, 0.2) is 30.3 Å². The van der Waals surface area contributed by atoms with E-state index >= 15 is 0 Å². The number of benzene rings is 1. The highest BCUT2D eigenvalue weighted by atomic mass is 35.5. The van der Waals surface area contributed by atoms with Crippen molar-refractivity contribution in [1.29, 1.82) is 0 Å². The molecule has 0 aromatic heterocycles. The van der Waals surface area contributed by atoms with Crippen molar-refractivity contribution >= 4 is 18.5 Å². The standard InChI is InChI=1S/C14H21N.ClH/c1-4-12(3)14(15)10-9-13-7-5-11(2)6-8-13;/h5-10,12,14H,4,15H2,1-3H3;1H/t12-,14+;/m0./s1. The summed E-state index contributed by atoms with van der Waals surface area (Å²) < 4.78 is 0. The van der Waals surface area contributed by atoms with Crippen LogP contribution in [0.1, 0.15) is 31.4 Å². The summed E-state index contributed by atoms with van der Waals surface area (Å²) in [6.07, 6.45) is 5.33. The van der Waals surface area contributed by atoms with Crippen molar-refractivity contribution in [3.63, 3.8) is 0 Å². The smallest absolute Gasteiger partial charge is 0.0252 e.